The number of carbonyl (C=O) groups excluding carboxylic acids is 1. The zero-order valence-corrected chi connectivity index (χ0v) is 15.0. The zero-order chi connectivity index (χ0) is 19.5. The van der Waals surface area contributed by atoms with E-state index < -0.39 is 38.6 Å². The molecule has 3 unspecified atom stereocenters. The van der Waals surface area contributed by atoms with Crippen LogP contribution in [0.15, 0.2) is 29.2 Å². The summed E-state index contributed by atoms with van der Waals surface area (Å²) in [6.07, 6.45) is -2.30. The van der Waals surface area contributed by atoms with E-state index in [2.05, 4.69) is 5.32 Å². The molecule has 0 bridgehead atoms. The van der Waals surface area contributed by atoms with E-state index in [1.807, 2.05) is 4.72 Å². The van der Waals surface area contributed by atoms with Gasteiger partial charge < -0.3 is 11.1 Å². The van der Waals surface area contributed by atoms with Crippen LogP contribution in [0.1, 0.15) is 31.7 Å². The highest BCUT2D eigenvalue weighted by Crippen LogP contribution is 2.34. The molecule has 10 heteroatoms. The highest BCUT2D eigenvalue weighted by atomic mass is 32.2. The van der Waals surface area contributed by atoms with Crippen molar-refractivity contribution in [1.82, 2.24) is 10.0 Å². The Labute approximate surface area is 150 Å². The van der Waals surface area contributed by atoms with E-state index in [0.29, 0.717) is 12.6 Å². The summed E-state index contributed by atoms with van der Waals surface area (Å²) in [6.45, 7) is 1.69. The second-order valence-corrected chi connectivity index (χ2v) is 8.06. The van der Waals surface area contributed by atoms with E-state index in [0.717, 1.165) is 31.4 Å². The number of halogens is 3. The molecule has 146 valence electrons. The fourth-order valence-electron chi connectivity index (χ4n) is 3.10. The molecule has 1 fully saturated rings. The lowest BCUT2D eigenvalue weighted by molar-refractivity contribution is -0.139. The third kappa shape index (κ3) is 4.74. The van der Waals surface area contributed by atoms with Crippen LogP contribution in [0.25, 0.3) is 0 Å². The Kier molecular flexibility index (Phi) is 6.30. The van der Waals surface area contributed by atoms with E-state index >= 15 is 0 Å². The van der Waals surface area contributed by atoms with Crippen molar-refractivity contribution in [2.45, 2.75) is 49.3 Å². The van der Waals surface area contributed by atoms with Gasteiger partial charge >= 0.3 is 6.18 Å². The zero-order valence-electron chi connectivity index (χ0n) is 14.2. The number of sulfonamides is 1. The number of benzene rings is 1. The summed E-state index contributed by atoms with van der Waals surface area (Å²) in [5, 5.41) is 2.73. The lowest BCUT2D eigenvalue weighted by atomic mass is 10.0. The second kappa shape index (κ2) is 7.93. The topological polar surface area (TPSA) is 101 Å². The quantitative estimate of drug-likeness (QED) is 0.684. The van der Waals surface area contributed by atoms with E-state index in [1.165, 1.54) is 13.0 Å². The smallest absolute Gasteiger partial charge is 0.352 e. The molecule has 2 rings (SSSR count). The van der Waals surface area contributed by atoms with E-state index in [-0.39, 0.29) is 12.0 Å². The monoisotopic (exact) mass is 393 g/mol. The Morgan fingerprint density at radius 1 is 1.31 bits per heavy atom. The average Bonchev–Trinajstić information content (AvgIpc) is 3.00. The van der Waals surface area contributed by atoms with Gasteiger partial charge in [0.05, 0.1) is 16.5 Å². The van der Waals surface area contributed by atoms with Crippen LogP contribution in [0.5, 0.6) is 0 Å². The highest BCUT2D eigenvalue weighted by molar-refractivity contribution is 7.89. The normalized spacial score (nSPS) is 22.2. The van der Waals surface area contributed by atoms with Crippen LogP contribution in [0.3, 0.4) is 0 Å². The predicted octanol–water partition coefficient (Wildman–Crippen LogP) is 1.62. The summed E-state index contributed by atoms with van der Waals surface area (Å²) in [5.74, 6) is -0.475. The number of rotatable bonds is 6. The van der Waals surface area contributed by atoms with Crippen molar-refractivity contribution in [2.24, 2.45) is 11.7 Å². The minimum atomic E-state index is -4.82. The Balaban J connectivity index is 2.13. The molecule has 0 aliphatic heterocycles. The summed E-state index contributed by atoms with van der Waals surface area (Å²) in [7, 11) is -4.53. The minimum Gasteiger partial charge on any atom is -0.352 e. The predicted molar refractivity (Wildman–Crippen MR) is 89.6 cm³/mol. The van der Waals surface area contributed by atoms with Crippen LogP contribution in [0.4, 0.5) is 13.2 Å². The molecular weight excluding hydrogens is 371 g/mol. The van der Waals surface area contributed by atoms with Gasteiger partial charge in [-0.05, 0) is 44.4 Å². The standard InChI is InChI=1S/C16H22F3N3O3S/c1-10(15(23)21-13-7-4-5-11(13)9-20)22-26(24,25)14-8-3-2-6-12(14)16(17,18)19/h2-3,6,8,10-11,13,22H,4-5,7,9,20H2,1H3,(H,21,23). The van der Waals surface area contributed by atoms with Crippen molar-refractivity contribution >= 4 is 15.9 Å². The van der Waals surface area contributed by atoms with Crippen LogP contribution < -0.4 is 15.8 Å². The molecule has 3 atom stereocenters. The first kappa shape index (κ1) is 20.7. The molecule has 1 aromatic rings. The van der Waals surface area contributed by atoms with Gasteiger partial charge in [-0.15, -0.1) is 0 Å². The van der Waals surface area contributed by atoms with Gasteiger partial charge in [-0.1, -0.05) is 18.6 Å². The number of nitrogens with one attached hydrogen (secondary N) is 2. The lowest BCUT2D eigenvalue weighted by Gasteiger charge is -2.22. The summed E-state index contributed by atoms with van der Waals surface area (Å²) >= 11 is 0. The second-order valence-electron chi connectivity index (χ2n) is 6.38. The molecule has 1 aliphatic carbocycles. The van der Waals surface area contributed by atoms with Gasteiger partial charge in [0.25, 0.3) is 0 Å². The third-order valence-corrected chi connectivity index (χ3v) is 6.10. The molecule has 0 spiro atoms. The van der Waals surface area contributed by atoms with Crippen LogP contribution >= 0.6 is 0 Å². The van der Waals surface area contributed by atoms with Crippen LogP contribution in [-0.4, -0.2) is 33.0 Å². The molecular formula is C16H22F3N3O3S. The maximum atomic E-state index is 13.0. The Bertz CT molecular complexity index is 753. The fraction of sp³-hybridized carbons (Fsp3) is 0.562. The first-order chi connectivity index (χ1) is 12.1. The fourth-order valence-corrected chi connectivity index (χ4v) is 4.53. The molecule has 1 aliphatic rings. The maximum Gasteiger partial charge on any atom is 0.417 e. The molecule has 4 N–H and O–H groups in total. The number of hydrogen-bond acceptors (Lipinski definition) is 4. The first-order valence-corrected chi connectivity index (χ1v) is 9.73. The van der Waals surface area contributed by atoms with E-state index in [4.69, 9.17) is 5.73 Å². The summed E-state index contributed by atoms with van der Waals surface area (Å²) < 4.78 is 65.9. The highest BCUT2D eigenvalue weighted by Gasteiger charge is 2.38. The van der Waals surface area contributed by atoms with Crippen molar-refractivity contribution in [3.63, 3.8) is 0 Å². The summed E-state index contributed by atoms with van der Waals surface area (Å²) in [4.78, 5) is 11.3. The maximum absolute atomic E-state index is 13.0. The van der Waals surface area contributed by atoms with Gasteiger partial charge in [-0.3, -0.25) is 4.79 Å². The van der Waals surface area contributed by atoms with Crippen molar-refractivity contribution in [2.75, 3.05) is 6.54 Å². The van der Waals surface area contributed by atoms with Gasteiger partial charge in [0.2, 0.25) is 15.9 Å². The molecule has 0 saturated heterocycles. The first-order valence-electron chi connectivity index (χ1n) is 8.25. The number of carbonyl (C=O) groups is 1. The van der Waals surface area contributed by atoms with Crippen molar-refractivity contribution in [3.05, 3.63) is 29.8 Å². The van der Waals surface area contributed by atoms with Crippen LogP contribution in [0.2, 0.25) is 0 Å². The van der Waals surface area contributed by atoms with Gasteiger partial charge in [0, 0.05) is 6.04 Å². The van der Waals surface area contributed by atoms with E-state index in [9.17, 15) is 26.4 Å². The Morgan fingerprint density at radius 3 is 2.58 bits per heavy atom. The molecule has 1 aromatic carbocycles. The number of nitrogens with two attached hydrogens (primary N) is 1. The molecule has 1 amide bonds. The summed E-state index contributed by atoms with van der Waals surface area (Å²) in [5.41, 5.74) is 4.36. The number of amides is 1. The molecule has 0 radical (unpaired) electrons. The van der Waals surface area contributed by atoms with E-state index in [1.54, 1.807) is 0 Å². The average molecular weight is 393 g/mol. The molecule has 0 aromatic heterocycles. The third-order valence-electron chi connectivity index (χ3n) is 4.50. The number of alkyl halides is 3. The Morgan fingerprint density at radius 2 is 1.96 bits per heavy atom. The van der Waals surface area contributed by atoms with Crippen LogP contribution in [-0.2, 0) is 21.0 Å². The van der Waals surface area contributed by atoms with Crippen LogP contribution in [0, 0.1) is 5.92 Å². The molecule has 26 heavy (non-hydrogen) atoms. The molecule has 0 heterocycles. The lowest BCUT2D eigenvalue weighted by Crippen LogP contribution is -2.49. The molecule has 1 saturated carbocycles. The van der Waals surface area contributed by atoms with Gasteiger partial charge in [-0.25, -0.2) is 8.42 Å². The largest absolute Gasteiger partial charge is 0.417 e. The van der Waals surface area contributed by atoms with Crippen molar-refractivity contribution < 1.29 is 26.4 Å². The van der Waals surface area contributed by atoms with Gasteiger partial charge in [0.15, 0.2) is 0 Å². The van der Waals surface area contributed by atoms with Crippen molar-refractivity contribution in [1.29, 1.82) is 0 Å². The minimum absolute atomic E-state index is 0.119. The van der Waals surface area contributed by atoms with Gasteiger partial charge in [-0.2, -0.15) is 17.9 Å². The number of hydrogen-bond donors (Lipinski definition) is 3. The SMILES string of the molecule is CC(NS(=O)(=O)c1ccccc1C(F)(F)F)C(=O)NC1CCCC1CN. The Hall–Kier alpha value is -1.65. The summed E-state index contributed by atoms with van der Waals surface area (Å²) in [6, 6.07) is 2.47. The molecule has 6 nitrogen and oxygen atoms in total. The van der Waals surface area contributed by atoms with Gasteiger partial charge in [0.1, 0.15) is 0 Å². The van der Waals surface area contributed by atoms with Crippen molar-refractivity contribution in [3.8, 4) is 0 Å².